The molecule has 0 fully saturated rings. The van der Waals surface area contributed by atoms with Gasteiger partial charge in [-0.05, 0) is 50.2 Å². The minimum absolute atomic E-state index is 0. The number of nitrogens with one attached hydrogen (secondary N) is 2. The number of halogens is 1. The molecule has 0 saturated carbocycles. The van der Waals surface area contributed by atoms with Crippen LogP contribution in [0.25, 0.3) is 0 Å². The number of rotatable bonds is 15. The van der Waals surface area contributed by atoms with Crippen molar-refractivity contribution < 1.29 is 0 Å². The van der Waals surface area contributed by atoms with E-state index in [1.54, 1.807) is 0 Å². The molecule has 4 N–H and O–H groups in total. The zero-order chi connectivity index (χ0) is 33.9. The Labute approximate surface area is 321 Å². The maximum atomic E-state index is 5.70. The summed E-state index contributed by atoms with van der Waals surface area (Å²) in [4.78, 5) is 38.4. The van der Waals surface area contributed by atoms with Crippen LogP contribution in [-0.2, 0) is 38.5 Å². The SMILES string of the molecule is C.C.C.C.C.C.CCCNc1nc(CC)nc(CCC)n1.CCCNc1nc(CC)nc(CCC)n1.CCCc1nc(Cl)nc(CC)n1.CCN. The molecular weight excluding hydrogens is 660 g/mol. The van der Waals surface area contributed by atoms with Crippen molar-refractivity contribution in [3.8, 4) is 0 Å². The second kappa shape index (κ2) is 41.3. The lowest BCUT2D eigenvalue weighted by molar-refractivity contribution is 0.777. The Balaban J connectivity index is -0.000000104. The van der Waals surface area contributed by atoms with E-state index in [0.29, 0.717) is 5.28 Å². The first-order valence-corrected chi connectivity index (χ1v) is 17.2. The fraction of sp³-hybridized carbons (Fsp3) is 0.763. The molecule has 3 aromatic rings. The van der Waals surface area contributed by atoms with Crippen LogP contribution in [0, 0.1) is 0 Å². The van der Waals surface area contributed by atoms with Gasteiger partial charge in [0.1, 0.15) is 34.9 Å². The molecule has 12 nitrogen and oxygen atoms in total. The average Bonchev–Trinajstić information content (AvgIpc) is 3.03. The Morgan fingerprint density at radius 3 is 0.941 bits per heavy atom. The highest BCUT2D eigenvalue weighted by Crippen LogP contribution is 2.06. The van der Waals surface area contributed by atoms with Gasteiger partial charge in [-0.3, -0.25) is 0 Å². The number of hydrogen-bond acceptors (Lipinski definition) is 12. The van der Waals surface area contributed by atoms with Gasteiger partial charge >= 0.3 is 0 Å². The number of aryl methyl sites for hydroxylation is 6. The summed E-state index contributed by atoms with van der Waals surface area (Å²) in [5.74, 6) is 6.61. The molecule has 0 amide bonds. The molecule has 0 aromatic carbocycles. The van der Waals surface area contributed by atoms with Crippen molar-refractivity contribution in [2.75, 3.05) is 30.3 Å². The van der Waals surface area contributed by atoms with Crippen molar-refractivity contribution in [2.24, 2.45) is 5.73 Å². The third-order valence-electron chi connectivity index (χ3n) is 5.59. The van der Waals surface area contributed by atoms with E-state index in [4.69, 9.17) is 17.3 Å². The zero-order valence-electron chi connectivity index (χ0n) is 29.4. The molecular formula is C38H83ClN12. The topological polar surface area (TPSA) is 166 Å². The quantitative estimate of drug-likeness (QED) is 0.135. The lowest BCUT2D eigenvalue weighted by Crippen LogP contribution is -2.10. The van der Waals surface area contributed by atoms with E-state index < -0.39 is 0 Å². The minimum Gasteiger partial charge on any atom is -0.354 e. The summed E-state index contributed by atoms with van der Waals surface area (Å²) in [6.07, 6.45) is 10.6. The number of aromatic nitrogens is 9. The lowest BCUT2D eigenvalue weighted by atomic mass is 10.3. The van der Waals surface area contributed by atoms with Crippen molar-refractivity contribution in [3.63, 3.8) is 0 Å². The van der Waals surface area contributed by atoms with Gasteiger partial charge in [-0.1, -0.05) is 107 Å². The van der Waals surface area contributed by atoms with Crippen molar-refractivity contribution in [1.82, 2.24) is 44.9 Å². The largest absolute Gasteiger partial charge is 0.354 e. The molecule has 0 aliphatic heterocycles. The second-order valence-corrected chi connectivity index (χ2v) is 10.3. The molecule has 3 rings (SSSR count). The monoisotopic (exact) mass is 743 g/mol. The van der Waals surface area contributed by atoms with Gasteiger partial charge in [0.05, 0.1) is 0 Å². The predicted octanol–water partition coefficient (Wildman–Crippen LogP) is 10.2. The molecule has 0 aliphatic rings. The van der Waals surface area contributed by atoms with E-state index >= 15 is 0 Å². The zero-order valence-corrected chi connectivity index (χ0v) is 30.1. The van der Waals surface area contributed by atoms with E-state index in [-0.39, 0.29) is 44.6 Å². The number of nitrogens with two attached hydrogens (primary N) is 1. The van der Waals surface area contributed by atoms with Crippen LogP contribution in [0.15, 0.2) is 0 Å². The summed E-state index contributed by atoms with van der Waals surface area (Å²) in [7, 11) is 0. The van der Waals surface area contributed by atoms with Gasteiger partial charge in [0.15, 0.2) is 0 Å². The van der Waals surface area contributed by atoms with Crippen LogP contribution in [0.4, 0.5) is 11.9 Å². The predicted molar refractivity (Wildman–Crippen MR) is 227 cm³/mol. The van der Waals surface area contributed by atoms with Crippen molar-refractivity contribution in [3.05, 3.63) is 40.2 Å². The molecule has 0 bridgehead atoms. The first-order chi connectivity index (χ1) is 21.8. The normalized spacial score (nSPS) is 8.84. The van der Waals surface area contributed by atoms with Crippen LogP contribution < -0.4 is 16.4 Å². The van der Waals surface area contributed by atoms with Crippen molar-refractivity contribution >= 4 is 23.5 Å². The summed E-state index contributed by atoms with van der Waals surface area (Å²) in [5.41, 5.74) is 4.85. The van der Waals surface area contributed by atoms with Gasteiger partial charge in [0.2, 0.25) is 17.2 Å². The van der Waals surface area contributed by atoms with Gasteiger partial charge in [-0.15, -0.1) is 0 Å². The Morgan fingerprint density at radius 2 is 0.667 bits per heavy atom. The molecule has 3 aromatic heterocycles. The van der Waals surface area contributed by atoms with E-state index in [9.17, 15) is 0 Å². The minimum atomic E-state index is 0. The van der Waals surface area contributed by atoms with Crippen LogP contribution in [0.2, 0.25) is 5.28 Å². The molecule has 13 heteroatoms. The Morgan fingerprint density at radius 1 is 0.412 bits per heavy atom. The fourth-order valence-corrected chi connectivity index (χ4v) is 3.68. The lowest BCUT2D eigenvalue weighted by Gasteiger charge is -2.06. The highest BCUT2D eigenvalue weighted by molar-refractivity contribution is 6.28. The average molecular weight is 744 g/mol. The summed E-state index contributed by atoms with van der Waals surface area (Å²) in [5, 5.41) is 6.72. The number of anilines is 2. The summed E-state index contributed by atoms with van der Waals surface area (Å²) in [6.45, 7) is 21.2. The number of hydrogen-bond donors (Lipinski definition) is 3. The molecule has 0 unspecified atom stereocenters. The number of nitrogens with zero attached hydrogens (tertiary/aromatic N) is 9. The third-order valence-corrected chi connectivity index (χ3v) is 5.76. The highest BCUT2D eigenvalue weighted by atomic mass is 35.5. The third kappa shape index (κ3) is 30.2. The smallest absolute Gasteiger partial charge is 0.226 e. The maximum absolute atomic E-state index is 5.70. The van der Waals surface area contributed by atoms with Crippen LogP contribution in [-0.4, -0.2) is 64.5 Å². The highest BCUT2D eigenvalue weighted by Gasteiger charge is 2.05. The molecule has 3 heterocycles. The van der Waals surface area contributed by atoms with E-state index in [0.717, 1.165) is 137 Å². The maximum Gasteiger partial charge on any atom is 0.226 e. The van der Waals surface area contributed by atoms with E-state index in [2.05, 4.69) is 104 Å². The van der Waals surface area contributed by atoms with Gasteiger partial charge in [0, 0.05) is 51.6 Å². The molecule has 0 radical (unpaired) electrons. The molecule has 0 spiro atoms. The van der Waals surface area contributed by atoms with Gasteiger partial charge in [0.25, 0.3) is 0 Å². The van der Waals surface area contributed by atoms with Gasteiger partial charge in [-0.2, -0.15) is 19.9 Å². The summed E-state index contributed by atoms with van der Waals surface area (Å²) >= 11 is 5.70. The first kappa shape index (κ1) is 63.0. The summed E-state index contributed by atoms with van der Waals surface area (Å²) in [6, 6.07) is 0. The van der Waals surface area contributed by atoms with Gasteiger partial charge < -0.3 is 16.4 Å². The van der Waals surface area contributed by atoms with Crippen molar-refractivity contribution in [1.29, 1.82) is 0 Å². The Bertz CT molecular complexity index is 1100. The van der Waals surface area contributed by atoms with Crippen LogP contribution in [0.3, 0.4) is 0 Å². The van der Waals surface area contributed by atoms with Crippen LogP contribution >= 0.6 is 11.6 Å². The molecule has 51 heavy (non-hydrogen) atoms. The van der Waals surface area contributed by atoms with Crippen molar-refractivity contribution in [2.45, 2.75) is 178 Å². The molecule has 0 saturated heterocycles. The second-order valence-electron chi connectivity index (χ2n) is 9.99. The standard InChI is InChI=1S/2C11H20N4.C8H12ClN3.C2H7N.6CH4/c2*1-4-7-10-13-9(6-3)14-11(15-10)12-8-5-2;1-3-5-7-10-6(4-2)11-8(9)12-7;1-2-3;;;;;;/h2*4-8H2,1-3H3,(H,12,13,14,15);3-5H2,1-2H3;2-3H2,1H3;6*1H4. The van der Waals surface area contributed by atoms with Gasteiger partial charge in [-0.25, -0.2) is 24.9 Å². The fourth-order valence-electron chi connectivity index (χ4n) is 3.49. The first-order valence-electron chi connectivity index (χ1n) is 16.8. The van der Waals surface area contributed by atoms with E-state index in [1.165, 1.54) is 0 Å². The van der Waals surface area contributed by atoms with E-state index in [1.807, 2.05) is 13.8 Å². The Hall–Kier alpha value is -3.12. The molecule has 0 aliphatic carbocycles. The Kier molecular flexibility index (Phi) is 51.0. The van der Waals surface area contributed by atoms with Crippen LogP contribution in [0.1, 0.15) is 174 Å². The molecule has 302 valence electrons. The van der Waals surface area contributed by atoms with Crippen LogP contribution in [0.5, 0.6) is 0 Å². The summed E-state index contributed by atoms with van der Waals surface area (Å²) < 4.78 is 0. The molecule has 0 atom stereocenters.